The van der Waals surface area contributed by atoms with E-state index in [-0.39, 0.29) is 30.9 Å². The van der Waals surface area contributed by atoms with Gasteiger partial charge in [-0.2, -0.15) is 0 Å². The van der Waals surface area contributed by atoms with Crippen LogP contribution in [-0.4, -0.2) is 46.9 Å². The van der Waals surface area contributed by atoms with Crippen molar-refractivity contribution < 1.29 is 14.7 Å². The first kappa shape index (κ1) is 15.3. The van der Waals surface area contributed by atoms with Crippen molar-refractivity contribution in [1.29, 1.82) is 0 Å². The van der Waals surface area contributed by atoms with E-state index in [1.165, 1.54) is 11.8 Å². The highest BCUT2D eigenvalue weighted by Crippen LogP contribution is 2.33. The average Bonchev–Trinajstić information content (AvgIpc) is 2.47. The normalized spacial score (nSPS) is 16.5. The molecule has 5 nitrogen and oxygen atoms in total. The number of benzene rings is 1. The van der Waals surface area contributed by atoms with E-state index in [1.54, 1.807) is 18.1 Å². The van der Waals surface area contributed by atoms with E-state index >= 15 is 0 Å². The van der Waals surface area contributed by atoms with Gasteiger partial charge >= 0.3 is 0 Å². The molecule has 1 N–H and O–H groups in total. The Morgan fingerprint density at radius 3 is 2.71 bits per heavy atom. The van der Waals surface area contributed by atoms with Gasteiger partial charge in [0, 0.05) is 26.7 Å². The van der Waals surface area contributed by atoms with Gasteiger partial charge in [-0.1, -0.05) is 24.3 Å². The molecule has 1 heterocycles. The van der Waals surface area contributed by atoms with E-state index in [0.717, 1.165) is 11.1 Å². The third kappa shape index (κ3) is 3.31. The van der Waals surface area contributed by atoms with Crippen LogP contribution in [0.2, 0.25) is 0 Å². The fourth-order valence-corrected chi connectivity index (χ4v) is 2.51. The van der Waals surface area contributed by atoms with Crippen LogP contribution in [0.4, 0.5) is 0 Å². The van der Waals surface area contributed by atoms with Gasteiger partial charge in [0.1, 0.15) is 0 Å². The molecule has 1 atom stereocenters. The fourth-order valence-electron chi connectivity index (χ4n) is 2.51. The summed E-state index contributed by atoms with van der Waals surface area (Å²) in [5.41, 5.74) is 2.00. The van der Waals surface area contributed by atoms with Gasteiger partial charge in [-0.3, -0.25) is 9.59 Å². The number of fused-ring (bicyclic) bond motifs is 1. The summed E-state index contributed by atoms with van der Waals surface area (Å²) in [6, 6.07) is 7.46. The molecule has 112 valence electrons. The molecule has 1 aliphatic heterocycles. The van der Waals surface area contributed by atoms with Gasteiger partial charge in [0.25, 0.3) is 0 Å². The predicted molar refractivity (Wildman–Crippen MR) is 80.1 cm³/mol. The Balaban J connectivity index is 2.26. The highest BCUT2D eigenvalue weighted by molar-refractivity contribution is 5.81. The number of nitrogens with zero attached hydrogens (tertiary/aromatic N) is 2. The lowest BCUT2D eigenvalue weighted by atomic mass is 9.93. The van der Waals surface area contributed by atoms with Crippen molar-refractivity contribution >= 4 is 17.9 Å². The molecular formula is C16H20N2O3. The Kier molecular flexibility index (Phi) is 4.75. The third-order valence-corrected chi connectivity index (χ3v) is 3.70. The van der Waals surface area contributed by atoms with Crippen LogP contribution in [0, 0.1) is 0 Å². The molecule has 0 bridgehead atoms. The van der Waals surface area contributed by atoms with Crippen molar-refractivity contribution in [2.24, 2.45) is 0 Å². The lowest BCUT2D eigenvalue weighted by molar-refractivity contribution is -0.134. The number of carbonyl (C=O) groups excluding carboxylic acids is 2. The van der Waals surface area contributed by atoms with Crippen molar-refractivity contribution in [3.63, 3.8) is 0 Å². The molecule has 21 heavy (non-hydrogen) atoms. The molecule has 0 fully saturated rings. The highest BCUT2D eigenvalue weighted by atomic mass is 16.3. The zero-order valence-corrected chi connectivity index (χ0v) is 12.3. The Morgan fingerprint density at radius 2 is 2.05 bits per heavy atom. The van der Waals surface area contributed by atoms with Gasteiger partial charge in [0.15, 0.2) is 0 Å². The summed E-state index contributed by atoms with van der Waals surface area (Å²) in [5.74, 6) is -0.186. The molecule has 1 aromatic rings. The van der Waals surface area contributed by atoms with Crippen LogP contribution in [0.25, 0.3) is 6.08 Å². The number of amides is 2. The average molecular weight is 288 g/mol. The molecule has 0 saturated carbocycles. The smallest absolute Gasteiger partial charge is 0.224 e. The maximum absolute atomic E-state index is 12.2. The summed E-state index contributed by atoms with van der Waals surface area (Å²) in [6.07, 6.45) is 3.82. The van der Waals surface area contributed by atoms with E-state index in [1.807, 2.05) is 30.3 Å². The summed E-state index contributed by atoms with van der Waals surface area (Å²) in [4.78, 5) is 27.1. The predicted octanol–water partition coefficient (Wildman–Crippen LogP) is 1.40. The highest BCUT2D eigenvalue weighted by Gasteiger charge is 2.28. The molecule has 0 aliphatic carbocycles. The quantitative estimate of drug-likeness (QED) is 0.911. The Bertz CT molecular complexity index is 568. The van der Waals surface area contributed by atoms with E-state index in [4.69, 9.17) is 5.11 Å². The molecule has 0 radical (unpaired) electrons. The van der Waals surface area contributed by atoms with Crippen LogP contribution in [0.15, 0.2) is 30.5 Å². The molecule has 0 spiro atoms. The van der Waals surface area contributed by atoms with Crippen LogP contribution in [0.1, 0.15) is 30.5 Å². The second kappa shape index (κ2) is 6.54. The minimum absolute atomic E-state index is 0.0696. The summed E-state index contributed by atoms with van der Waals surface area (Å²) in [6.45, 7) is 1.72. The van der Waals surface area contributed by atoms with Crippen LogP contribution in [0.5, 0.6) is 0 Å². The van der Waals surface area contributed by atoms with Crippen LogP contribution in [-0.2, 0) is 9.59 Å². The van der Waals surface area contributed by atoms with Gasteiger partial charge in [-0.25, -0.2) is 0 Å². The second-order valence-electron chi connectivity index (χ2n) is 5.13. The maximum Gasteiger partial charge on any atom is 0.224 e. The summed E-state index contributed by atoms with van der Waals surface area (Å²) >= 11 is 0. The largest absolute Gasteiger partial charge is 0.395 e. The van der Waals surface area contributed by atoms with Crippen molar-refractivity contribution in [2.75, 3.05) is 20.2 Å². The molecular weight excluding hydrogens is 268 g/mol. The van der Waals surface area contributed by atoms with Crippen molar-refractivity contribution in [2.45, 2.75) is 19.4 Å². The molecule has 1 aliphatic rings. The lowest BCUT2D eigenvalue weighted by Gasteiger charge is -2.33. The topological polar surface area (TPSA) is 60.9 Å². The number of hydrogen-bond donors (Lipinski definition) is 1. The zero-order valence-electron chi connectivity index (χ0n) is 12.3. The van der Waals surface area contributed by atoms with E-state index in [2.05, 4.69) is 0 Å². The van der Waals surface area contributed by atoms with Crippen molar-refractivity contribution in [3.05, 3.63) is 41.6 Å². The fraction of sp³-hybridized carbons (Fsp3) is 0.375. The van der Waals surface area contributed by atoms with Gasteiger partial charge in [0.2, 0.25) is 11.8 Å². The first-order valence-electron chi connectivity index (χ1n) is 6.95. The minimum Gasteiger partial charge on any atom is -0.395 e. The monoisotopic (exact) mass is 288 g/mol. The molecule has 0 saturated heterocycles. The third-order valence-electron chi connectivity index (χ3n) is 3.70. The van der Waals surface area contributed by atoms with E-state index in [0.29, 0.717) is 6.54 Å². The number of aliphatic hydroxyl groups is 1. The zero-order chi connectivity index (χ0) is 15.4. The molecule has 1 aromatic carbocycles. The number of carbonyl (C=O) groups is 2. The van der Waals surface area contributed by atoms with Crippen LogP contribution < -0.4 is 0 Å². The van der Waals surface area contributed by atoms with Crippen molar-refractivity contribution in [3.8, 4) is 0 Å². The standard InChI is InChI=1S/C16H20N2O3/c1-12(20)18-8-7-13-5-3-4-6-14(13)15(18)11-16(21)17(2)9-10-19/h3-8,15,19H,9-11H2,1-2H3. The SMILES string of the molecule is CC(=O)N1C=Cc2ccccc2C1CC(=O)N(C)CCO. The minimum atomic E-state index is -0.294. The van der Waals surface area contributed by atoms with Crippen LogP contribution >= 0.6 is 0 Å². The first-order valence-corrected chi connectivity index (χ1v) is 6.95. The van der Waals surface area contributed by atoms with Gasteiger partial charge in [-0.15, -0.1) is 0 Å². The van der Waals surface area contributed by atoms with Gasteiger partial charge in [0.05, 0.1) is 19.1 Å². The van der Waals surface area contributed by atoms with Crippen LogP contribution in [0.3, 0.4) is 0 Å². The second-order valence-corrected chi connectivity index (χ2v) is 5.13. The lowest BCUT2D eigenvalue weighted by Crippen LogP contribution is -2.36. The Labute approximate surface area is 124 Å². The first-order chi connectivity index (χ1) is 10.0. The maximum atomic E-state index is 12.2. The molecule has 5 heteroatoms. The number of likely N-dealkylation sites (N-methyl/N-ethyl adjacent to an activating group) is 1. The van der Waals surface area contributed by atoms with Gasteiger partial charge in [-0.05, 0) is 17.2 Å². The van der Waals surface area contributed by atoms with E-state index in [9.17, 15) is 9.59 Å². The van der Waals surface area contributed by atoms with Gasteiger partial charge < -0.3 is 14.9 Å². The molecule has 0 aromatic heterocycles. The number of rotatable bonds is 4. The molecule has 2 rings (SSSR count). The molecule has 1 unspecified atom stereocenters. The molecule has 2 amide bonds. The summed E-state index contributed by atoms with van der Waals surface area (Å²) in [7, 11) is 1.65. The Morgan fingerprint density at radius 1 is 1.33 bits per heavy atom. The summed E-state index contributed by atoms with van der Waals surface area (Å²) in [5, 5.41) is 8.92. The summed E-state index contributed by atoms with van der Waals surface area (Å²) < 4.78 is 0. The van der Waals surface area contributed by atoms with Crippen molar-refractivity contribution in [1.82, 2.24) is 9.80 Å². The van der Waals surface area contributed by atoms with E-state index < -0.39 is 0 Å². The Hall–Kier alpha value is -2.14. The number of aliphatic hydroxyl groups excluding tert-OH is 1. The number of hydrogen-bond acceptors (Lipinski definition) is 3.